The van der Waals surface area contributed by atoms with Crippen molar-refractivity contribution in [3.05, 3.63) is 65.2 Å². The number of aryl methyl sites for hydroxylation is 2. The predicted molar refractivity (Wildman–Crippen MR) is 95.0 cm³/mol. The maximum absolute atomic E-state index is 13.9. The Morgan fingerprint density at radius 3 is 1.79 bits per heavy atom. The molecule has 2 aromatic rings. The Hall–Kier alpha value is -1.97. The van der Waals surface area contributed by atoms with Crippen molar-refractivity contribution >= 4 is 10.1 Å². The van der Waals surface area contributed by atoms with Crippen molar-refractivity contribution in [2.45, 2.75) is 37.2 Å². The van der Waals surface area contributed by atoms with Crippen LogP contribution in [0.2, 0.25) is 0 Å². The van der Waals surface area contributed by atoms with Crippen LogP contribution in [0.25, 0.3) is 0 Å². The van der Waals surface area contributed by atoms with Gasteiger partial charge in [-0.3, -0.25) is 4.18 Å². The standard InChI is InChI=1S/C19H20F4O4S/c1-14-3-7-16(8-4-14)11-26-12-18(20,21)19(22,23)13-27-28(24,25)17-9-5-15(2)6-10-17/h3-10H,11-13H2,1-2H3. The van der Waals surface area contributed by atoms with Crippen molar-refractivity contribution in [3.63, 3.8) is 0 Å². The van der Waals surface area contributed by atoms with Gasteiger partial charge < -0.3 is 4.74 Å². The van der Waals surface area contributed by atoms with Crippen molar-refractivity contribution in [2.24, 2.45) is 0 Å². The second kappa shape index (κ2) is 8.59. The predicted octanol–water partition coefficient (Wildman–Crippen LogP) is 4.50. The molecule has 0 spiro atoms. The molecule has 0 bridgehead atoms. The van der Waals surface area contributed by atoms with Gasteiger partial charge in [0.25, 0.3) is 10.1 Å². The monoisotopic (exact) mass is 420 g/mol. The number of alkyl halides is 4. The van der Waals surface area contributed by atoms with Crippen LogP contribution in [-0.4, -0.2) is 33.5 Å². The fourth-order valence-electron chi connectivity index (χ4n) is 2.12. The van der Waals surface area contributed by atoms with Gasteiger partial charge in [-0.25, -0.2) is 0 Å². The number of halogens is 4. The van der Waals surface area contributed by atoms with Gasteiger partial charge in [-0.2, -0.15) is 26.0 Å². The van der Waals surface area contributed by atoms with Gasteiger partial charge in [0, 0.05) is 0 Å². The van der Waals surface area contributed by atoms with E-state index in [9.17, 15) is 26.0 Å². The van der Waals surface area contributed by atoms with Crippen LogP contribution in [0, 0.1) is 13.8 Å². The van der Waals surface area contributed by atoms with Gasteiger partial charge in [0.2, 0.25) is 0 Å². The third-order valence-electron chi connectivity index (χ3n) is 3.91. The first-order chi connectivity index (χ1) is 12.9. The lowest BCUT2D eigenvalue weighted by atomic mass is 10.1. The highest BCUT2D eigenvalue weighted by Crippen LogP contribution is 2.35. The molecule has 0 heterocycles. The molecule has 4 nitrogen and oxygen atoms in total. The van der Waals surface area contributed by atoms with Gasteiger partial charge in [0.05, 0.1) is 11.5 Å². The first-order valence-corrected chi connectivity index (χ1v) is 9.69. The molecule has 0 aliphatic heterocycles. The summed E-state index contributed by atoms with van der Waals surface area (Å²) < 4.78 is 88.1. The first-order valence-electron chi connectivity index (χ1n) is 8.28. The minimum absolute atomic E-state index is 0.283. The smallest absolute Gasteiger partial charge is 0.336 e. The summed E-state index contributed by atoms with van der Waals surface area (Å²) in [7, 11) is -4.59. The van der Waals surface area contributed by atoms with Gasteiger partial charge in [-0.15, -0.1) is 0 Å². The first kappa shape index (κ1) is 22.3. The average molecular weight is 420 g/mol. The maximum Gasteiger partial charge on any atom is 0.336 e. The Labute approximate surface area is 161 Å². The molecule has 0 aromatic heterocycles. The summed E-state index contributed by atoms with van der Waals surface area (Å²) in [4.78, 5) is -0.396. The molecule has 2 rings (SSSR count). The third-order valence-corrected chi connectivity index (χ3v) is 5.19. The Balaban J connectivity index is 1.95. The SMILES string of the molecule is Cc1ccc(COCC(F)(F)C(F)(F)COS(=O)(=O)c2ccc(C)cc2)cc1. The number of benzene rings is 2. The van der Waals surface area contributed by atoms with Crippen LogP contribution >= 0.6 is 0 Å². The number of hydrogen-bond donors (Lipinski definition) is 0. The molecule has 0 radical (unpaired) electrons. The van der Waals surface area contributed by atoms with Gasteiger partial charge in [-0.05, 0) is 31.5 Å². The van der Waals surface area contributed by atoms with Crippen molar-refractivity contribution in [1.82, 2.24) is 0 Å². The van der Waals surface area contributed by atoms with Gasteiger partial charge in [-0.1, -0.05) is 47.5 Å². The van der Waals surface area contributed by atoms with E-state index in [4.69, 9.17) is 4.74 Å². The second-order valence-corrected chi connectivity index (χ2v) is 8.03. The quantitative estimate of drug-likeness (QED) is 0.443. The van der Waals surface area contributed by atoms with Gasteiger partial charge in [0.1, 0.15) is 13.2 Å². The van der Waals surface area contributed by atoms with Crippen LogP contribution in [-0.2, 0) is 25.6 Å². The van der Waals surface area contributed by atoms with Crippen molar-refractivity contribution in [1.29, 1.82) is 0 Å². The number of rotatable bonds is 9. The average Bonchev–Trinajstić information content (AvgIpc) is 2.62. The van der Waals surface area contributed by atoms with E-state index < -0.39 is 40.1 Å². The highest BCUT2D eigenvalue weighted by Gasteiger charge is 2.57. The van der Waals surface area contributed by atoms with Crippen LogP contribution in [0.4, 0.5) is 17.6 Å². The summed E-state index contributed by atoms with van der Waals surface area (Å²) in [6, 6.07) is 11.9. The molecule has 154 valence electrons. The molecule has 0 atom stereocenters. The van der Waals surface area contributed by atoms with Crippen LogP contribution < -0.4 is 0 Å². The van der Waals surface area contributed by atoms with Crippen molar-refractivity contribution < 1.29 is 34.9 Å². The van der Waals surface area contributed by atoms with E-state index in [1.165, 1.54) is 12.1 Å². The minimum Gasteiger partial charge on any atom is -0.370 e. The van der Waals surface area contributed by atoms with E-state index in [-0.39, 0.29) is 6.61 Å². The number of ether oxygens (including phenoxy) is 1. The zero-order valence-electron chi connectivity index (χ0n) is 15.3. The molecule has 2 aromatic carbocycles. The molecule has 0 aliphatic rings. The maximum atomic E-state index is 13.9. The van der Waals surface area contributed by atoms with Crippen molar-refractivity contribution in [3.8, 4) is 0 Å². The van der Waals surface area contributed by atoms with E-state index >= 15 is 0 Å². The summed E-state index contributed by atoms with van der Waals surface area (Å²) >= 11 is 0. The largest absolute Gasteiger partial charge is 0.370 e. The zero-order chi connectivity index (χ0) is 21.0. The lowest BCUT2D eigenvalue weighted by Crippen LogP contribution is -2.47. The van der Waals surface area contributed by atoms with E-state index in [2.05, 4.69) is 4.18 Å². The third kappa shape index (κ3) is 5.76. The number of hydrogen-bond acceptors (Lipinski definition) is 4. The molecule has 0 amide bonds. The van der Waals surface area contributed by atoms with Crippen LogP contribution in [0.3, 0.4) is 0 Å². The molecule has 0 fully saturated rings. The van der Waals surface area contributed by atoms with E-state index in [1.807, 2.05) is 6.92 Å². The van der Waals surface area contributed by atoms with E-state index in [0.717, 1.165) is 23.3 Å². The molecule has 0 saturated carbocycles. The molecule has 0 aliphatic carbocycles. The van der Waals surface area contributed by atoms with E-state index in [1.54, 1.807) is 31.2 Å². The fourth-order valence-corrected chi connectivity index (χ4v) is 3.03. The van der Waals surface area contributed by atoms with Crippen LogP contribution in [0.5, 0.6) is 0 Å². The summed E-state index contributed by atoms with van der Waals surface area (Å²) in [5.74, 6) is -9.35. The highest BCUT2D eigenvalue weighted by molar-refractivity contribution is 7.86. The van der Waals surface area contributed by atoms with E-state index in [0.29, 0.717) is 5.56 Å². The lowest BCUT2D eigenvalue weighted by Gasteiger charge is -2.26. The summed E-state index contributed by atoms with van der Waals surface area (Å²) in [6.07, 6.45) is 0. The Morgan fingerprint density at radius 2 is 1.25 bits per heavy atom. The summed E-state index contributed by atoms with van der Waals surface area (Å²) in [5.41, 5.74) is 2.23. The minimum atomic E-state index is -4.74. The van der Waals surface area contributed by atoms with Crippen LogP contribution in [0.15, 0.2) is 53.4 Å². The van der Waals surface area contributed by atoms with Crippen LogP contribution in [0.1, 0.15) is 16.7 Å². The fraction of sp³-hybridized carbons (Fsp3) is 0.368. The normalized spacial score (nSPS) is 12.9. The summed E-state index contributed by atoms with van der Waals surface area (Å²) in [6.45, 7) is -0.326. The molecule has 28 heavy (non-hydrogen) atoms. The molecule has 9 heteroatoms. The second-order valence-electron chi connectivity index (χ2n) is 6.42. The molecular formula is C19H20F4O4S. The van der Waals surface area contributed by atoms with Gasteiger partial charge in [0.15, 0.2) is 0 Å². The molecule has 0 saturated heterocycles. The zero-order valence-corrected chi connectivity index (χ0v) is 16.1. The Kier molecular flexibility index (Phi) is 6.84. The highest BCUT2D eigenvalue weighted by atomic mass is 32.2. The topological polar surface area (TPSA) is 52.6 Å². The van der Waals surface area contributed by atoms with Gasteiger partial charge >= 0.3 is 11.8 Å². The Morgan fingerprint density at radius 1 is 0.786 bits per heavy atom. The molecular weight excluding hydrogens is 400 g/mol. The van der Waals surface area contributed by atoms with Crippen molar-refractivity contribution in [2.75, 3.05) is 13.2 Å². The molecule has 0 N–H and O–H groups in total. The lowest BCUT2D eigenvalue weighted by molar-refractivity contribution is -0.243. The summed E-state index contributed by atoms with van der Waals surface area (Å²) in [5, 5.41) is 0. The Bertz CT molecular complexity index is 879. The molecule has 0 unspecified atom stereocenters.